The normalized spacial score (nSPS) is 15.4. The second-order valence-corrected chi connectivity index (χ2v) is 15.4. The predicted molar refractivity (Wildman–Crippen MR) is 203 cm³/mol. The molecule has 2 aliphatic rings. The third kappa shape index (κ3) is 7.95. The lowest BCUT2D eigenvalue weighted by Gasteiger charge is -2.35. The fourth-order valence-corrected chi connectivity index (χ4v) is 8.22. The summed E-state index contributed by atoms with van der Waals surface area (Å²) in [5, 5.41) is 21.8. The molecule has 4 aromatic heterocycles. The van der Waals surface area contributed by atoms with Crippen molar-refractivity contribution >= 4 is 21.3 Å². The van der Waals surface area contributed by atoms with Gasteiger partial charge in [-0.3, -0.25) is 4.98 Å². The number of rotatable bonds is 7. The fourth-order valence-electron chi connectivity index (χ4n) is 7.30. The van der Waals surface area contributed by atoms with Gasteiger partial charge in [0.05, 0.1) is 28.3 Å². The zero-order valence-electron chi connectivity index (χ0n) is 29.8. The van der Waals surface area contributed by atoms with E-state index in [1.165, 1.54) is 6.26 Å². The molecule has 2 aromatic carbocycles. The summed E-state index contributed by atoms with van der Waals surface area (Å²) in [6.45, 7) is 3.37. The zero-order chi connectivity index (χ0) is 36.8. The first-order valence-electron chi connectivity index (χ1n) is 17.7. The molecule has 270 valence electrons. The van der Waals surface area contributed by atoms with Crippen molar-refractivity contribution in [2.24, 2.45) is 7.05 Å². The van der Waals surface area contributed by atoms with Gasteiger partial charge < -0.3 is 14.4 Å². The van der Waals surface area contributed by atoms with Crippen LogP contribution in [0.3, 0.4) is 0 Å². The SMILES string of the molecule is Cn1cnnc1C1CCN(c2c(-c3cccc(C#N)c3)cccc2S(C)(=O)=O)CC1.c1cncc(-c2cccnc2N2CCC(n3cncn3)CC2)c1. The monoisotopic (exact) mass is 727 g/mol. The first kappa shape index (κ1) is 35.5. The molecular formula is C39H41N11O2S. The number of aromatic nitrogens is 8. The fraction of sp³-hybridized carbons (Fsp3) is 0.308. The Morgan fingerprint density at radius 1 is 0.811 bits per heavy atom. The van der Waals surface area contributed by atoms with E-state index in [2.05, 4.69) is 58.2 Å². The molecule has 2 saturated heterocycles. The maximum atomic E-state index is 12.6. The molecule has 0 atom stereocenters. The Kier molecular flexibility index (Phi) is 10.5. The number of piperidine rings is 2. The molecule has 6 heterocycles. The first-order chi connectivity index (χ1) is 25.8. The minimum atomic E-state index is -3.43. The Hall–Kier alpha value is -5.94. The van der Waals surface area contributed by atoms with E-state index in [0.717, 1.165) is 85.8 Å². The summed E-state index contributed by atoms with van der Waals surface area (Å²) in [7, 11) is -1.48. The van der Waals surface area contributed by atoms with Gasteiger partial charge in [-0.1, -0.05) is 30.3 Å². The highest BCUT2D eigenvalue weighted by molar-refractivity contribution is 7.90. The highest BCUT2D eigenvalue weighted by Gasteiger charge is 2.29. The summed E-state index contributed by atoms with van der Waals surface area (Å²) in [5.74, 6) is 2.30. The number of anilines is 2. The number of pyridine rings is 2. The predicted octanol–water partition coefficient (Wildman–Crippen LogP) is 5.72. The largest absolute Gasteiger partial charge is 0.370 e. The first-order valence-corrected chi connectivity index (χ1v) is 19.6. The van der Waals surface area contributed by atoms with Crippen LogP contribution in [0.15, 0.2) is 109 Å². The zero-order valence-corrected chi connectivity index (χ0v) is 30.6. The second-order valence-electron chi connectivity index (χ2n) is 13.4. The molecule has 0 radical (unpaired) electrons. The minimum absolute atomic E-state index is 0.296. The van der Waals surface area contributed by atoms with Gasteiger partial charge in [-0.05, 0) is 67.6 Å². The third-order valence-corrected chi connectivity index (χ3v) is 11.1. The van der Waals surface area contributed by atoms with E-state index in [9.17, 15) is 13.7 Å². The highest BCUT2D eigenvalue weighted by Crippen LogP contribution is 2.40. The molecule has 2 fully saturated rings. The van der Waals surface area contributed by atoms with Crippen LogP contribution in [0.25, 0.3) is 22.3 Å². The van der Waals surface area contributed by atoms with Crippen LogP contribution in [0.1, 0.15) is 49.0 Å². The van der Waals surface area contributed by atoms with Crippen LogP contribution >= 0.6 is 0 Å². The second kappa shape index (κ2) is 15.7. The van der Waals surface area contributed by atoms with E-state index in [4.69, 9.17) is 0 Å². The number of nitriles is 1. The molecule has 14 heteroatoms. The smallest absolute Gasteiger partial charge is 0.177 e. The number of para-hydroxylation sites is 1. The van der Waals surface area contributed by atoms with Crippen LogP contribution in [0, 0.1) is 11.3 Å². The van der Waals surface area contributed by atoms with E-state index < -0.39 is 9.84 Å². The van der Waals surface area contributed by atoms with Crippen LogP contribution in [0.4, 0.5) is 11.5 Å². The van der Waals surface area contributed by atoms with Crippen molar-refractivity contribution in [1.29, 1.82) is 5.26 Å². The molecule has 0 amide bonds. The lowest BCUT2D eigenvalue weighted by atomic mass is 9.94. The van der Waals surface area contributed by atoms with Crippen molar-refractivity contribution in [3.05, 3.63) is 116 Å². The lowest BCUT2D eigenvalue weighted by molar-refractivity contribution is 0.365. The molecule has 6 aromatic rings. The molecule has 0 saturated carbocycles. The lowest BCUT2D eigenvalue weighted by Crippen LogP contribution is -2.35. The Morgan fingerprint density at radius 2 is 1.55 bits per heavy atom. The molecule has 13 nitrogen and oxygen atoms in total. The van der Waals surface area contributed by atoms with Crippen molar-refractivity contribution in [2.45, 2.75) is 42.5 Å². The van der Waals surface area contributed by atoms with E-state index in [0.29, 0.717) is 28.1 Å². The summed E-state index contributed by atoms with van der Waals surface area (Å²) in [5.41, 5.74) is 5.17. The summed E-state index contributed by atoms with van der Waals surface area (Å²) < 4.78 is 29.1. The maximum Gasteiger partial charge on any atom is 0.177 e. The molecule has 8 rings (SSSR count). The van der Waals surface area contributed by atoms with Crippen molar-refractivity contribution in [1.82, 2.24) is 39.5 Å². The van der Waals surface area contributed by atoms with Gasteiger partial charge in [0, 0.05) is 80.7 Å². The molecule has 0 N–H and O–H groups in total. The Morgan fingerprint density at radius 3 is 2.23 bits per heavy atom. The average molecular weight is 728 g/mol. The van der Waals surface area contributed by atoms with E-state index in [-0.39, 0.29) is 0 Å². The van der Waals surface area contributed by atoms with Gasteiger partial charge in [0.15, 0.2) is 9.84 Å². The van der Waals surface area contributed by atoms with E-state index >= 15 is 0 Å². The maximum absolute atomic E-state index is 12.6. The van der Waals surface area contributed by atoms with Gasteiger partial charge in [-0.25, -0.2) is 23.1 Å². The highest BCUT2D eigenvalue weighted by atomic mass is 32.2. The third-order valence-electron chi connectivity index (χ3n) is 9.96. The van der Waals surface area contributed by atoms with Gasteiger partial charge in [0.25, 0.3) is 0 Å². The van der Waals surface area contributed by atoms with Crippen molar-refractivity contribution in [2.75, 3.05) is 42.2 Å². The summed E-state index contributed by atoms with van der Waals surface area (Å²) in [6.07, 6.45) is 15.7. The van der Waals surface area contributed by atoms with Crippen molar-refractivity contribution in [3.8, 4) is 28.3 Å². The van der Waals surface area contributed by atoms with Crippen LogP contribution < -0.4 is 9.80 Å². The summed E-state index contributed by atoms with van der Waals surface area (Å²) in [4.78, 5) is 17.7. The van der Waals surface area contributed by atoms with Gasteiger partial charge >= 0.3 is 0 Å². The summed E-state index contributed by atoms with van der Waals surface area (Å²) >= 11 is 0. The topological polar surface area (TPSA) is 152 Å². The molecule has 0 spiro atoms. The van der Waals surface area contributed by atoms with Gasteiger partial charge in [0.2, 0.25) is 0 Å². The molecule has 0 unspecified atom stereocenters. The van der Waals surface area contributed by atoms with E-state index in [1.807, 2.05) is 65.3 Å². The Balaban J connectivity index is 0.000000170. The summed E-state index contributed by atoms with van der Waals surface area (Å²) in [6, 6.07) is 23.4. The number of sulfone groups is 1. The Labute approximate surface area is 309 Å². The van der Waals surface area contributed by atoms with Gasteiger partial charge in [0.1, 0.15) is 30.6 Å². The van der Waals surface area contributed by atoms with Crippen LogP contribution in [0.5, 0.6) is 0 Å². The van der Waals surface area contributed by atoms with Gasteiger partial charge in [-0.15, -0.1) is 10.2 Å². The number of nitrogens with zero attached hydrogens (tertiary/aromatic N) is 11. The number of hydrogen-bond donors (Lipinski definition) is 0. The Bertz CT molecular complexity index is 2290. The molecule has 0 aliphatic carbocycles. The molecule has 0 bridgehead atoms. The van der Waals surface area contributed by atoms with Gasteiger partial charge in [-0.2, -0.15) is 10.4 Å². The molecule has 53 heavy (non-hydrogen) atoms. The van der Waals surface area contributed by atoms with E-state index in [1.54, 1.807) is 43.1 Å². The molecule has 2 aliphatic heterocycles. The van der Waals surface area contributed by atoms with Crippen molar-refractivity contribution in [3.63, 3.8) is 0 Å². The molecular weight excluding hydrogens is 687 g/mol. The van der Waals surface area contributed by atoms with Crippen LogP contribution in [-0.2, 0) is 16.9 Å². The average Bonchev–Trinajstić information content (AvgIpc) is 3.91. The minimum Gasteiger partial charge on any atom is -0.370 e. The number of benzene rings is 2. The standard InChI is InChI=1S/C22H23N5O2S.C17H18N6/c1-26-15-24-25-22(26)17-9-11-27(12-10-17)21-19(7-4-8-20(21)30(2,28)29)18-6-3-5-16(13-18)14-23;1-3-14(11-18-7-1)16-4-2-8-20-17(16)22-9-5-15(6-10-22)23-13-19-12-21-23/h3-8,13,15,17H,9-12H2,1-2H3;1-4,7-8,11-13,15H,5-6,9-10H2. The quantitative estimate of drug-likeness (QED) is 0.199. The van der Waals surface area contributed by atoms with Crippen LogP contribution in [-0.4, -0.2) is 80.3 Å². The van der Waals surface area contributed by atoms with Crippen molar-refractivity contribution < 1.29 is 8.42 Å². The van der Waals surface area contributed by atoms with Crippen LogP contribution in [0.2, 0.25) is 0 Å². The number of aryl methyl sites for hydroxylation is 1. The number of hydrogen-bond acceptors (Lipinski definition) is 11.